The molecule has 8 heteroatoms. The number of sulfonamides is 1. The van der Waals surface area contributed by atoms with Crippen LogP contribution in [0, 0.1) is 0 Å². The molecule has 0 atom stereocenters. The zero-order valence-electron chi connectivity index (χ0n) is 10.2. The van der Waals surface area contributed by atoms with Crippen LogP contribution in [-0.4, -0.2) is 24.3 Å². The monoisotopic (exact) mass is 348 g/mol. The minimum atomic E-state index is -3.59. The van der Waals surface area contributed by atoms with Crippen molar-refractivity contribution < 1.29 is 8.42 Å². The first kappa shape index (κ1) is 14.3. The molecule has 0 spiro atoms. The van der Waals surface area contributed by atoms with Crippen LogP contribution in [0.3, 0.4) is 0 Å². The molecule has 106 valence electrons. The molecule has 1 aliphatic heterocycles. The summed E-state index contributed by atoms with van der Waals surface area (Å²) in [5, 5.41) is 2.23. The third-order valence-corrected chi connectivity index (χ3v) is 6.70. The summed E-state index contributed by atoms with van der Waals surface area (Å²) in [6.07, 6.45) is 1.98. The highest BCUT2D eigenvalue weighted by Crippen LogP contribution is 2.29. The van der Waals surface area contributed by atoms with Crippen molar-refractivity contribution in [1.29, 1.82) is 0 Å². The van der Waals surface area contributed by atoms with Crippen LogP contribution in [0.4, 0.5) is 0 Å². The molecule has 0 fully saturated rings. The topological polar surface area (TPSA) is 50.3 Å². The lowest BCUT2D eigenvalue weighted by Crippen LogP contribution is -2.35. The molecular formula is C12H10Cl2N2O2S2. The van der Waals surface area contributed by atoms with Crippen LogP contribution in [0.2, 0.25) is 10.2 Å². The Balaban J connectivity index is 1.95. The molecule has 0 radical (unpaired) electrons. The first-order valence-electron chi connectivity index (χ1n) is 5.85. The van der Waals surface area contributed by atoms with Gasteiger partial charge in [0.25, 0.3) is 0 Å². The molecule has 0 bridgehead atoms. The molecule has 1 aliphatic rings. The molecule has 0 aliphatic carbocycles. The Labute approximate surface area is 131 Å². The molecule has 3 rings (SSSR count). The minimum Gasteiger partial charge on any atom is -0.242 e. The van der Waals surface area contributed by atoms with E-state index in [4.69, 9.17) is 23.2 Å². The van der Waals surface area contributed by atoms with Crippen LogP contribution in [0.15, 0.2) is 28.6 Å². The number of thiophene rings is 1. The lowest BCUT2D eigenvalue weighted by Gasteiger charge is -2.26. The predicted octanol–water partition coefficient (Wildman–Crippen LogP) is 3.20. The standard InChI is InChI=1S/C12H10Cl2N2O2S2/c13-10-5-9(6-15-12(10)14)20(17,18)16-3-1-11-8(7-16)2-4-19-11/h2,4-6H,1,3,7H2. The molecule has 20 heavy (non-hydrogen) atoms. The Morgan fingerprint density at radius 2 is 2.15 bits per heavy atom. The van der Waals surface area contributed by atoms with Crippen molar-refractivity contribution in [2.45, 2.75) is 17.9 Å². The van der Waals surface area contributed by atoms with E-state index in [0.29, 0.717) is 13.1 Å². The van der Waals surface area contributed by atoms with Crippen LogP contribution >= 0.6 is 34.5 Å². The summed E-state index contributed by atoms with van der Waals surface area (Å²) in [4.78, 5) is 5.13. The van der Waals surface area contributed by atoms with Gasteiger partial charge in [0, 0.05) is 24.2 Å². The van der Waals surface area contributed by atoms with Gasteiger partial charge in [-0.2, -0.15) is 4.31 Å². The van der Waals surface area contributed by atoms with Crippen molar-refractivity contribution in [2.75, 3.05) is 6.54 Å². The lowest BCUT2D eigenvalue weighted by atomic mass is 10.1. The lowest BCUT2D eigenvalue weighted by molar-refractivity contribution is 0.394. The average Bonchev–Trinajstić information content (AvgIpc) is 2.89. The molecule has 0 saturated carbocycles. The van der Waals surface area contributed by atoms with Gasteiger partial charge >= 0.3 is 0 Å². The van der Waals surface area contributed by atoms with Gasteiger partial charge in [0.2, 0.25) is 10.0 Å². The highest BCUT2D eigenvalue weighted by Gasteiger charge is 2.29. The minimum absolute atomic E-state index is 0.0746. The number of hydrogen-bond donors (Lipinski definition) is 0. The SMILES string of the molecule is O=S(=O)(c1cnc(Cl)c(Cl)c1)N1CCc2sccc2C1. The van der Waals surface area contributed by atoms with Crippen LogP contribution in [0.5, 0.6) is 0 Å². The molecule has 0 saturated heterocycles. The summed E-state index contributed by atoms with van der Waals surface area (Å²) in [6, 6.07) is 3.31. The van der Waals surface area contributed by atoms with Gasteiger partial charge in [0.15, 0.2) is 0 Å². The molecule has 3 heterocycles. The van der Waals surface area contributed by atoms with Gasteiger partial charge in [0.05, 0.1) is 5.02 Å². The number of fused-ring (bicyclic) bond motifs is 1. The Morgan fingerprint density at radius 1 is 1.35 bits per heavy atom. The normalized spacial score (nSPS) is 16.1. The van der Waals surface area contributed by atoms with Crippen molar-refractivity contribution in [3.63, 3.8) is 0 Å². The molecule has 0 unspecified atom stereocenters. The molecule has 0 N–H and O–H groups in total. The summed E-state index contributed by atoms with van der Waals surface area (Å²) in [5.41, 5.74) is 1.07. The quantitative estimate of drug-likeness (QED) is 0.783. The van der Waals surface area contributed by atoms with Gasteiger partial charge in [-0.1, -0.05) is 23.2 Å². The van der Waals surface area contributed by atoms with Gasteiger partial charge in [-0.25, -0.2) is 13.4 Å². The summed E-state index contributed by atoms with van der Waals surface area (Å²) < 4.78 is 26.6. The third kappa shape index (κ3) is 2.46. The Kier molecular flexibility index (Phi) is 3.77. The predicted molar refractivity (Wildman–Crippen MR) is 79.9 cm³/mol. The molecule has 0 amide bonds. The Morgan fingerprint density at radius 3 is 2.90 bits per heavy atom. The van der Waals surface area contributed by atoms with E-state index in [9.17, 15) is 8.42 Å². The van der Waals surface area contributed by atoms with Crippen LogP contribution in [0.25, 0.3) is 0 Å². The number of halogens is 2. The van der Waals surface area contributed by atoms with Gasteiger partial charge < -0.3 is 0 Å². The summed E-state index contributed by atoms with van der Waals surface area (Å²) in [6.45, 7) is 0.859. The van der Waals surface area contributed by atoms with Crippen molar-refractivity contribution in [1.82, 2.24) is 9.29 Å². The highest BCUT2D eigenvalue weighted by molar-refractivity contribution is 7.89. The first-order chi connectivity index (χ1) is 9.48. The van der Waals surface area contributed by atoms with E-state index < -0.39 is 10.0 Å². The Hall–Kier alpha value is -0.660. The maximum Gasteiger partial charge on any atom is 0.244 e. The van der Waals surface area contributed by atoms with Crippen molar-refractivity contribution in [2.24, 2.45) is 0 Å². The Bertz CT molecular complexity index is 759. The molecule has 2 aromatic rings. The maximum absolute atomic E-state index is 12.6. The highest BCUT2D eigenvalue weighted by atomic mass is 35.5. The maximum atomic E-state index is 12.6. The van der Waals surface area contributed by atoms with Crippen molar-refractivity contribution >= 4 is 44.6 Å². The fraction of sp³-hybridized carbons (Fsp3) is 0.250. The van der Waals surface area contributed by atoms with Gasteiger partial charge in [-0.05, 0) is 29.5 Å². The molecular weight excluding hydrogens is 339 g/mol. The number of nitrogens with zero attached hydrogens (tertiary/aromatic N) is 2. The van der Waals surface area contributed by atoms with E-state index >= 15 is 0 Å². The third-order valence-electron chi connectivity index (χ3n) is 3.18. The zero-order chi connectivity index (χ0) is 14.3. The van der Waals surface area contributed by atoms with Crippen molar-refractivity contribution in [3.8, 4) is 0 Å². The smallest absolute Gasteiger partial charge is 0.242 e. The number of aromatic nitrogens is 1. The van der Waals surface area contributed by atoms with Gasteiger partial charge in [-0.15, -0.1) is 11.3 Å². The fourth-order valence-electron chi connectivity index (χ4n) is 2.12. The average molecular weight is 349 g/mol. The number of hydrogen-bond acceptors (Lipinski definition) is 4. The summed E-state index contributed by atoms with van der Waals surface area (Å²) in [7, 11) is -3.59. The van der Waals surface area contributed by atoms with Crippen LogP contribution in [0.1, 0.15) is 10.4 Å². The summed E-state index contributed by atoms with van der Waals surface area (Å²) >= 11 is 13.2. The largest absolute Gasteiger partial charge is 0.244 e. The second-order valence-corrected chi connectivity index (χ2v) is 8.11. The van der Waals surface area contributed by atoms with E-state index in [1.54, 1.807) is 11.3 Å². The second-order valence-electron chi connectivity index (χ2n) is 4.40. The number of pyridine rings is 1. The molecule has 2 aromatic heterocycles. The van der Waals surface area contributed by atoms with Crippen molar-refractivity contribution in [3.05, 3.63) is 44.3 Å². The second kappa shape index (κ2) is 5.27. The number of rotatable bonds is 2. The molecule has 0 aromatic carbocycles. The van der Waals surface area contributed by atoms with Gasteiger partial charge in [-0.3, -0.25) is 0 Å². The van der Waals surface area contributed by atoms with Gasteiger partial charge in [0.1, 0.15) is 10.0 Å². The van der Waals surface area contributed by atoms with E-state index in [1.165, 1.54) is 21.4 Å². The van der Waals surface area contributed by atoms with E-state index in [0.717, 1.165) is 12.0 Å². The van der Waals surface area contributed by atoms with Crippen LogP contribution < -0.4 is 0 Å². The van der Waals surface area contributed by atoms with Crippen LogP contribution in [-0.2, 0) is 23.0 Å². The summed E-state index contributed by atoms with van der Waals surface area (Å²) in [5.74, 6) is 0. The van der Waals surface area contributed by atoms with E-state index in [1.807, 2.05) is 11.4 Å². The zero-order valence-corrected chi connectivity index (χ0v) is 13.4. The van der Waals surface area contributed by atoms with E-state index in [2.05, 4.69) is 4.98 Å². The van der Waals surface area contributed by atoms with E-state index in [-0.39, 0.29) is 15.1 Å². The first-order valence-corrected chi connectivity index (χ1v) is 8.92. The molecule has 4 nitrogen and oxygen atoms in total. The fourth-order valence-corrected chi connectivity index (χ4v) is 4.74.